The molecule has 4 atom stereocenters. The number of rotatable bonds is 9. The molecule has 0 saturated carbocycles. The van der Waals surface area contributed by atoms with Crippen LogP contribution in [0.3, 0.4) is 0 Å². The van der Waals surface area contributed by atoms with E-state index in [0.29, 0.717) is 5.75 Å². The fourth-order valence-corrected chi connectivity index (χ4v) is 5.84. The molecule has 0 radical (unpaired) electrons. The average molecular weight is 569 g/mol. The molecule has 190 valence electrons. The van der Waals surface area contributed by atoms with E-state index in [-0.39, 0.29) is 17.7 Å². The molecule has 1 N–H and O–H groups in total. The largest absolute Gasteiger partial charge is 0.484 e. The van der Waals surface area contributed by atoms with Crippen LogP contribution in [0.2, 0.25) is 0 Å². The van der Waals surface area contributed by atoms with Gasteiger partial charge in [0.15, 0.2) is 6.61 Å². The molecule has 15 heteroatoms. The van der Waals surface area contributed by atoms with E-state index in [2.05, 4.69) is 5.32 Å². The van der Waals surface area contributed by atoms with Crippen molar-refractivity contribution in [1.29, 1.82) is 0 Å². The second-order valence-corrected chi connectivity index (χ2v) is 11.9. The molecule has 3 rings (SSSR count). The monoisotopic (exact) mass is 567 g/mol. The van der Waals surface area contributed by atoms with E-state index in [1.165, 1.54) is 6.92 Å². The highest BCUT2D eigenvalue weighted by molar-refractivity contribution is 7.86. The fraction of sp³-hybridized carbons (Fsp3) is 0.450. The van der Waals surface area contributed by atoms with Gasteiger partial charge < -0.3 is 14.8 Å². The Bertz CT molecular complexity index is 1080. The Morgan fingerprint density at radius 1 is 1.26 bits per heavy atom. The Kier molecular flexibility index (Phi) is 8.63. The SMILES string of the molecule is CC1=C(C(=O)OCC(Cl)(Cl)Cl)N2C(=O)C(NC(=O)COc3ccccc3)[C@@H]2S(=O)C1CC[N+](=O)[O-]. The first-order valence-electron chi connectivity index (χ1n) is 10.2. The number of nitrogens with one attached hydrogen (secondary N) is 1. The molecule has 2 aliphatic rings. The molecular weight excluding hydrogens is 549 g/mol. The van der Waals surface area contributed by atoms with Crippen molar-refractivity contribution >= 4 is 63.4 Å². The molecule has 2 aliphatic heterocycles. The van der Waals surface area contributed by atoms with Crippen LogP contribution in [0, 0.1) is 10.1 Å². The Balaban J connectivity index is 1.79. The molecule has 0 spiro atoms. The van der Waals surface area contributed by atoms with Crippen LogP contribution in [0.25, 0.3) is 0 Å². The summed E-state index contributed by atoms with van der Waals surface area (Å²) in [5, 5.41) is 11.3. The summed E-state index contributed by atoms with van der Waals surface area (Å²) in [6.45, 7) is -0.130. The summed E-state index contributed by atoms with van der Waals surface area (Å²) in [4.78, 5) is 49.4. The van der Waals surface area contributed by atoms with Gasteiger partial charge in [-0.1, -0.05) is 53.0 Å². The number of hydrogen-bond acceptors (Lipinski definition) is 8. The van der Waals surface area contributed by atoms with Crippen LogP contribution < -0.4 is 10.1 Å². The van der Waals surface area contributed by atoms with Gasteiger partial charge in [-0.25, -0.2) is 4.79 Å². The lowest BCUT2D eigenvalue weighted by Gasteiger charge is -2.50. The molecule has 2 amide bonds. The van der Waals surface area contributed by atoms with Crippen LogP contribution >= 0.6 is 34.8 Å². The standard InChI is InChI=1S/C20H20Cl3N3O8S/c1-11-13(7-8-25(30)31)35(32)18-15(24-14(27)9-33-12-5-3-2-4-6-12)17(28)26(18)16(11)19(29)34-10-20(21,22)23/h2-6,13,15,18H,7-10H2,1H3,(H,24,27)/t13?,15?,18-,35?/m0/s1. The van der Waals surface area contributed by atoms with Crippen molar-refractivity contribution in [2.24, 2.45) is 0 Å². The number of ether oxygens (including phenoxy) is 2. The lowest BCUT2D eigenvalue weighted by atomic mass is 10.00. The Morgan fingerprint density at radius 2 is 1.91 bits per heavy atom. The van der Waals surface area contributed by atoms with Gasteiger partial charge in [0, 0.05) is 11.3 Å². The number of esters is 1. The van der Waals surface area contributed by atoms with E-state index in [1.807, 2.05) is 0 Å². The first-order chi connectivity index (χ1) is 16.4. The van der Waals surface area contributed by atoms with Gasteiger partial charge in [-0.2, -0.15) is 0 Å². The maximum absolute atomic E-state index is 13.3. The van der Waals surface area contributed by atoms with Crippen LogP contribution in [0.5, 0.6) is 5.75 Å². The lowest BCUT2D eigenvalue weighted by Crippen LogP contribution is -2.74. The van der Waals surface area contributed by atoms with Crippen molar-refractivity contribution in [1.82, 2.24) is 10.2 Å². The lowest BCUT2D eigenvalue weighted by molar-refractivity contribution is -0.480. The topological polar surface area (TPSA) is 145 Å². The predicted octanol–water partition coefficient (Wildman–Crippen LogP) is 1.70. The van der Waals surface area contributed by atoms with Crippen LogP contribution in [-0.4, -0.2) is 72.0 Å². The third-order valence-electron chi connectivity index (χ3n) is 5.22. The average Bonchev–Trinajstić information content (AvgIpc) is 2.79. The molecule has 1 saturated heterocycles. The summed E-state index contributed by atoms with van der Waals surface area (Å²) in [5.74, 6) is -1.95. The third kappa shape index (κ3) is 6.43. The number of β-lactam (4-membered cyclic amide) rings is 1. The highest BCUT2D eigenvalue weighted by atomic mass is 35.6. The maximum atomic E-state index is 13.3. The number of amides is 2. The summed E-state index contributed by atoms with van der Waals surface area (Å²) in [7, 11) is -1.88. The van der Waals surface area contributed by atoms with Gasteiger partial charge in [0.1, 0.15) is 29.5 Å². The summed E-state index contributed by atoms with van der Waals surface area (Å²) in [5.41, 5.74) is -0.0745. The zero-order chi connectivity index (χ0) is 25.9. The highest BCUT2D eigenvalue weighted by Crippen LogP contribution is 2.39. The number of hydrogen-bond donors (Lipinski definition) is 1. The first kappa shape index (κ1) is 27.2. The van der Waals surface area contributed by atoms with Crippen LogP contribution in [0.1, 0.15) is 13.3 Å². The summed E-state index contributed by atoms with van der Waals surface area (Å²) < 4.78 is 21.7. The molecule has 0 aromatic heterocycles. The molecule has 1 aromatic rings. The zero-order valence-corrected chi connectivity index (χ0v) is 21.2. The normalized spacial score (nSPS) is 23.8. The smallest absolute Gasteiger partial charge is 0.355 e. The van der Waals surface area contributed by atoms with Crippen molar-refractivity contribution in [3.8, 4) is 5.75 Å². The maximum Gasteiger partial charge on any atom is 0.355 e. The molecule has 35 heavy (non-hydrogen) atoms. The second kappa shape index (κ2) is 11.1. The van der Waals surface area contributed by atoms with Crippen molar-refractivity contribution in [2.45, 2.75) is 33.8 Å². The molecule has 2 heterocycles. The summed E-state index contributed by atoms with van der Waals surface area (Å²) >= 11 is 16.9. The van der Waals surface area contributed by atoms with E-state index in [4.69, 9.17) is 44.3 Å². The quantitative estimate of drug-likeness (QED) is 0.156. The van der Waals surface area contributed by atoms with E-state index >= 15 is 0 Å². The number of halogens is 3. The molecule has 0 aliphatic carbocycles. The van der Waals surface area contributed by atoms with Crippen LogP contribution in [-0.2, 0) is 29.9 Å². The van der Waals surface area contributed by atoms with Gasteiger partial charge in [0.25, 0.3) is 11.8 Å². The van der Waals surface area contributed by atoms with Gasteiger partial charge >= 0.3 is 5.97 Å². The zero-order valence-electron chi connectivity index (χ0n) is 18.1. The number of benzene rings is 1. The van der Waals surface area contributed by atoms with Crippen molar-refractivity contribution in [3.05, 3.63) is 51.7 Å². The molecule has 11 nitrogen and oxygen atoms in total. The minimum atomic E-state index is -1.92. The Labute approximate surface area is 217 Å². The highest BCUT2D eigenvalue weighted by Gasteiger charge is 2.59. The number of para-hydroxylation sites is 1. The van der Waals surface area contributed by atoms with Gasteiger partial charge in [-0.3, -0.25) is 28.8 Å². The molecule has 3 unspecified atom stereocenters. The van der Waals surface area contributed by atoms with E-state index in [9.17, 15) is 28.7 Å². The minimum Gasteiger partial charge on any atom is -0.484 e. The van der Waals surface area contributed by atoms with Crippen LogP contribution in [0.4, 0.5) is 0 Å². The molecule has 1 aromatic carbocycles. The van der Waals surface area contributed by atoms with Gasteiger partial charge in [0.05, 0.1) is 16.0 Å². The van der Waals surface area contributed by atoms with E-state index < -0.39 is 73.7 Å². The van der Waals surface area contributed by atoms with Gasteiger partial charge in [-0.15, -0.1) is 0 Å². The van der Waals surface area contributed by atoms with Crippen molar-refractivity contribution in [3.63, 3.8) is 0 Å². The van der Waals surface area contributed by atoms with E-state index in [0.717, 1.165) is 4.90 Å². The van der Waals surface area contributed by atoms with E-state index in [1.54, 1.807) is 30.3 Å². The number of carbonyl (C=O) groups excluding carboxylic acids is 3. The van der Waals surface area contributed by atoms with Gasteiger partial charge in [-0.05, 0) is 24.6 Å². The van der Waals surface area contributed by atoms with Crippen molar-refractivity contribution in [2.75, 3.05) is 19.8 Å². The molecular formula is C20H20Cl3N3O8S. The summed E-state index contributed by atoms with van der Waals surface area (Å²) in [6.07, 6.45) is -0.164. The number of nitrogens with zero attached hydrogens (tertiary/aromatic N) is 2. The molecule has 0 bridgehead atoms. The molecule has 1 fully saturated rings. The number of fused-ring (bicyclic) bond motifs is 1. The fourth-order valence-electron chi connectivity index (χ4n) is 3.67. The predicted molar refractivity (Wildman–Crippen MR) is 127 cm³/mol. The third-order valence-corrected chi connectivity index (χ3v) is 7.66. The second-order valence-electron chi connectivity index (χ2n) is 7.63. The van der Waals surface area contributed by atoms with Crippen LogP contribution in [0.15, 0.2) is 41.6 Å². The number of carbonyl (C=O) groups is 3. The van der Waals surface area contributed by atoms with Crippen molar-refractivity contribution < 1.29 is 33.0 Å². The number of alkyl halides is 3. The summed E-state index contributed by atoms with van der Waals surface area (Å²) in [6, 6.07) is 7.26. The Hall–Kier alpha value is -2.41. The number of nitro groups is 1. The minimum absolute atomic E-state index is 0.164. The Morgan fingerprint density at radius 3 is 2.51 bits per heavy atom. The first-order valence-corrected chi connectivity index (χ1v) is 12.6. The van der Waals surface area contributed by atoms with Gasteiger partial charge in [0.2, 0.25) is 10.3 Å².